The standard InChI is InChI=1S/C17H15ClN2O2S/c18-12-6-5-10(9-15(12)20(21)22)16-11-3-1-2-4-13(11)19-14-7-8-23-17(14)16/h3,5-6,9,16H,1-2,4,7-8H2. The zero-order chi connectivity index (χ0) is 16.0. The molecule has 1 aromatic rings. The van der Waals surface area contributed by atoms with Crippen molar-refractivity contribution >= 4 is 34.8 Å². The fraction of sp³-hybridized carbons (Fsp3) is 0.353. The van der Waals surface area contributed by atoms with Crippen molar-refractivity contribution in [3.63, 3.8) is 0 Å². The lowest BCUT2D eigenvalue weighted by molar-refractivity contribution is -0.384. The van der Waals surface area contributed by atoms with Crippen molar-refractivity contribution in [1.29, 1.82) is 0 Å². The average Bonchev–Trinajstić information content (AvgIpc) is 3.01. The summed E-state index contributed by atoms with van der Waals surface area (Å²) in [6, 6.07) is 5.19. The molecule has 3 aliphatic rings. The Morgan fingerprint density at radius 1 is 1.35 bits per heavy atom. The van der Waals surface area contributed by atoms with Gasteiger partial charge in [0.15, 0.2) is 0 Å². The molecular formula is C17H15ClN2O2S. The molecular weight excluding hydrogens is 332 g/mol. The lowest BCUT2D eigenvalue weighted by Gasteiger charge is -2.30. The fourth-order valence-corrected chi connectivity index (χ4v) is 4.95. The highest BCUT2D eigenvalue weighted by atomic mass is 35.5. The number of nitro groups is 1. The Morgan fingerprint density at radius 3 is 3.04 bits per heavy atom. The highest BCUT2D eigenvalue weighted by Gasteiger charge is 2.35. The number of nitro benzene ring substituents is 1. The molecule has 1 atom stereocenters. The molecule has 118 valence electrons. The van der Waals surface area contributed by atoms with Gasteiger partial charge in [0.1, 0.15) is 5.02 Å². The van der Waals surface area contributed by atoms with Crippen LogP contribution in [0.25, 0.3) is 0 Å². The fourth-order valence-electron chi connectivity index (χ4n) is 3.50. The van der Waals surface area contributed by atoms with E-state index in [1.165, 1.54) is 21.9 Å². The van der Waals surface area contributed by atoms with Crippen molar-refractivity contribution in [3.05, 3.63) is 61.2 Å². The van der Waals surface area contributed by atoms with Gasteiger partial charge in [0.05, 0.1) is 10.6 Å². The maximum Gasteiger partial charge on any atom is 0.288 e. The molecule has 0 fully saturated rings. The van der Waals surface area contributed by atoms with E-state index in [4.69, 9.17) is 16.6 Å². The summed E-state index contributed by atoms with van der Waals surface area (Å²) in [6.07, 6.45) is 6.43. The highest BCUT2D eigenvalue weighted by molar-refractivity contribution is 8.03. The van der Waals surface area contributed by atoms with Gasteiger partial charge in [0.25, 0.3) is 5.69 Å². The first-order valence-corrected chi connectivity index (χ1v) is 9.09. The van der Waals surface area contributed by atoms with E-state index in [2.05, 4.69) is 6.08 Å². The van der Waals surface area contributed by atoms with Gasteiger partial charge >= 0.3 is 0 Å². The van der Waals surface area contributed by atoms with Gasteiger partial charge in [-0.05, 0) is 42.9 Å². The summed E-state index contributed by atoms with van der Waals surface area (Å²) in [5.74, 6) is 1.13. The molecule has 0 N–H and O–H groups in total. The lowest BCUT2D eigenvalue weighted by Crippen LogP contribution is -2.20. The minimum absolute atomic E-state index is 0.0187. The van der Waals surface area contributed by atoms with Crippen molar-refractivity contribution in [2.45, 2.75) is 31.6 Å². The third-order valence-corrected chi connectivity index (χ3v) is 6.05. The molecule has 1 aromatic carbocycles. The SMILES string of the molecule is O=[N+]([O-])c1cc(C2C3=CCCCC3=NC3=C2SCC3)ccc1Cl. The Hall–Kier alpha value is -1.59. The second-order valence-electron chi connectivity index (χ2n) is 5.92. The van der Waals surface area contributed by atoms with E-state index in [1.807, 2.05) is 17.8 Å². The van der Waals surface area contributed by atoms with Gasteiger partial charge < -0.3 is 0 Å². The van der Waals surface area contributed by atoms with Crippen LogP contribution in [-0.4, -0.2) is 16.4 Å². The molecule has 1 aliphatic carbocycles. The summed E-state index contributed by atoms with van der Waals surface area (Å²) in [6.45, 7) is 0. The summed E-state index contributed by atoms with van der Waals surface area (Å²) >= 11 is 7.81. The van der Waals surface area contributed by atoms with Crippen molar-refractivity contribution in [2.75, 3.05) is 5.75 Å². The number of aliphatic imine (C=N–C) groups is 1. The lowest BCUT2D eigenvalue weighted by atomic mass is 9.80. The number of hydrogen-bond donors (Lipinski definition) is 0. The second kappa shape index (κ2) is 5.80. The molecule has 0 aromatic heterocycles. The van der Waals surface area contributed by atoms with Crippen LogP contribution in [0.3, 0.4) is 0 Å². The predicted octanol–water partition coefficient (Wildman–Crippen LogP) is 5.25. The zero-order valence-corrected chi connectivity index (χ0v) is 14.0. The van der Waals surface area contributed by atoms with Crippen LogP contribution in [0.15, 0.2) is 45.4 Å². The Kier molecular flexibility index (Phi) is 3.77. The largest absolute Gasteiger partial charge is 0.288 e. The average molecular weight is 347 g/mol. The maximum absolute atomic E-state index is 11.2. The minimum Gasteiger partial charge on any atom is -0.258 e. The number of benzene rings is 1. The Bertz CT molecular complexity index is 798. The van der Waals surface area contributed by atoms with Gasteiger partial charge in [0.2, 0.25) is 0 Å². The van der Waals surface area contributed by atoms with Crippen molar-refractivity contribution in [3.8, 4) is 0 Å². The monoisotopic (exact) mass is 346 g/mol. The van der Waals surface area contributed by atoms with Crippen molar-refractivity contribution in [2.24, 2.45) is 4.99 Å². The van der Waals surface area contributed by atoms with E-state index < -0.39 is 4.92 Å². The third-order valence-electron chi connectivity index (χ3n) is 4.54. The molecule has 0 saturated carbocycles. The molecule has 2 heterocycles. The Labute approximate surface area is 143 Å². The van der Waals surface area contributed by atoms with E-state index in [0.717, 1.165) is 37.0 Å². The molecule has 6 heteroatoms. The molecule has 4 rings (SSSR count). The molecule has 0 saturated heterocycles. The smallest absolute Gasteiger partial charge is 0.258 e. The van der Waals surface area contributed by atoms with E-state index in [-0.39, 0.29) is 16.6 Å². The zero-order valence-electron chi connectivity index (χ0n) is 12.4. The molecule has 4 nitrogen and oxygen atoms in total. The molecule has 0 bridgehead atoms. The van der Waals surface area contributed by atoms with Crippen LogP contribution < -0.4 is 0 Å². The van der Waals surface area contributed by atoms with Gasteiger partial charge in [-0.25, -0.2) is 0 Å². The van der Waals surface area contributed by atoms with E-state index in [1.54, 1.807) is 12.1 Å². The number of nitrogens with zero attached hydrogens (tertiary/aromatic N) is 2. The van der Waals surface area contributed by atoms with Gasteiger partial charge in [-0.1, -0.05) is 23.7 Å². The van der Waals surface area contributed by atoms with Crippen LogP contribution in [0.2, 0.25) is 5.02 Å². The summed E-state index contributed by atoms with van der Waals surface area (Å²) in [4.78, 5) is 17.0. The topological polar surface area (TPSA) is 55.5 Å². The van der Waals surface area contributed by atoms with Crippen molar-refractivity contribution < 1.29 is 4.92 Å². The number of hydrogen-bond acceptors (Lipinski definition) is 4. The Balaban J connectivity index is 1.86. The van der Waals surface area contributed by atoms with Crippen LogP contribution >= 0.6 is 23.4 Å². The van der Waals surface area contributed by atoms with E-state index in [9.17, 15) is 10.1 Å². The summed E-state index contributed by atoms with van der Waals surface area (Å²) in [5, 5.41) is 11.4. The molecule has 0 spiro atoms. The van der Waals surface area contributed by atoms with Crippen molar-refractivity contribution in [1.82, 2.24) is 0 Å². The quantitative estimate of drug-likeness (QED) is 0.543. The number of fused-ring (bicyclic) bond motifs is 1. The van der Waals surface area contributed by atoms with Crippen LogP contribution in [-0.2, 0) is 0 Å². The number of halogens is 1. The second-order valence-corrected chi connectivity index (χ2v) is 7.46. The van der Waals surface area contributed by atoms with E-state index in [0.29, 0.717) is 0 Å². The summed E-state index contributed by atoms with van der Waals surface area (Å²) in [5.41, 5.74) is 4.51. The third kappa shape index (κ3) is 2.52. The molecule has 0 radical (unpaired) electrons. The molecule has 1 unspecified atom stereocenters. The van der Waals surface area contributed by atoms with Crippen LogP contribution in [0.4, 0.5) is 5.69 Å². The van der Waals surface area contributed by atoms with Gasteiger partial charge in [-0.2, -0.15) is 0 Å². The van der Waals surface area contributed by atoms with Gasteiger partial charge in [0, 0.05) is 28.4 Å². The first kappa shape index (κ1) is 15.0. The van der Waals surface area contributed by atoms with Crippen LogP contribution in [0.5, 0.6) is 0 Å². The van der Waals surface area contributed by atoms with Gasteiger partial charge in [-0.15, -0.1) is 11.8 Å². The molecule has 2 aliphatic heterocycles. The maximum atomic E-state index is 11.2. The first-order chi connectivity index (χ1) is 11.1. The predicted molar refractivity (Wildman–Crippen MR) is 94.3 cm³/mol. The van der Waals surface area contributed by atoms with E-state index >= 15 is 0 Å². The minimum atomic E-state index is -0.407. The molecule has 23 heavy (non-hydrogen) atoms. The summed E-state index contributed by atoms with van der Waals surface area (Å²) in [7, 11) is 0. The Morgan fingerprint density at radius 2 is 2.22 bits per heavy atom. The highest BCUT2D eigenvalue weighted by Crippen LogP contribution is 2.50. The van der Waals surface area contributed by atoms with Crippen LogP contribution in [0.1, 0.15) is 37.2 Å². The number of thioether (sulfide) groups is 1. The summed E-state index contributed by atoms with van der Waals surface area (Å²) < 4.78 is 0. The molecule has 0 amide bonds. The normalized spacial score (nSPS) is 23.1. The van der Waals surface area contributed by atoms with Gasteiger partial charge in [-0.3, -0.25) is 15.1 Å². The number of rotatable bonds is 2. The van der Waals surface area contributed by atoms with Crippen LogP contribution in [0, 0.1) is 10.1 Å². The number of allylic oxidation sites excluding steroid dienone is 4. The first-order valence-electron chi connectivity index (χ1n) is 7.73.